The van der Waals surface area contributed by atoms with Gasteiger partial charge in [-0.2, -0.15) is 0 Å². The van der Waals surface area contributed by atoms with E-state index in [1.807, 2.05) is 59.5 Å². The Bertz CT molecular complexity index is 1130. The molecule has 5 nitrogen and oxygen atoms in total. The van der Waals surface area contributed by atoms with Gasteiger partial charge in [-0.25, -0.2) is 4.98 Å². The molecule has 1 fully saturated rings. The standard InChI is InChI=1S/C22H19N3O2/c26-22(25-10-12-27-13-11-25)19-14-17-16-8-4-5-9-18(16)23-21(17)20(24-19)15-6-2-1-3-7-15/h1-9,14,23H,10-13H2. The summed E-state index contributed by atoms with van der Waals surface area (Å²) in [5.41, 5.74) is 4.28. The zero-order valence-electron chi connectivity index (χ0n) is 14.8. The summed E-state index contributed by atoms with van der Waals surface area (Å²) in [5.74, 6) is -0.0392. The summed E-state index contributed by atoms with van der Waals surface area (Å²) in [6, 6.07) is 20.1. The van der Waals surface area contributed by atoms with Gasteiger partial charge in [-0.15, -0.1) is 0 Å². The highest BCUT2D eigenvalue weighted by Crippen LogP contribution is 2.32. The Balaban J connectivity index is 1.74. The number of hydrogen-bond donors (Lipinski definition) is 1. The second kappa shape index (κ2) is 6.52. The summed E-state index contributed by atoms with van der Waals surface area (Å²) in [7, 11) is 0. The van der Waals surface area contributed by atoms with Gasteiger partial charge in [-0.05, 0) is 12.1 Å². The second-order valence-corrected chi connectivity index (χ2v) is 6.72. The maximum absolute atomic E-state index is 13.1. The Labute approximate surface area is 156 Å². The Morgan fingerprint density at radius 3 is 2.52 bits per heavy atom. The van der Waals surface area contributed by atoms with Crippen LogP contribution < -0.4 is 0 Å². The van der Waals surface area contributed by atoms with Gasteiger partial charge in [0.1, 0.15) is 5.69 Å². The fourth-order valence-electron chi connectivity index (χ4n) is 3.69. The molecular formula is C22H19N3O2. The van der Waals surface area contributed by atoms with Crippen LogP contribution in [0, 0.1) is 0 Å². The van der Waals surface area contributed by atoms with E-state index < -0.39 is 0 Å². The van der Waals surface area contributed by atoms with E-state index in [9.17, 15) is 4.79 Å². The van der Waals surface area contributed by atoms with Crippen LogP contribution in [0.1, 0.15) is 10.5 Å². The van der Waals surface area contributed by atoms with Gasteiger partial charge in [0, 0.05) is 34.9 Å². The fraction of sp³-hybridized carbons (Fsp3) is 0.182. The van der Waals surface area contributed by atoms with Crippen LogP contribution in [-0.4, -0.2) is 47.1 Å². The molecule has 0 saturated carbocycles. The number of aromatic nitrogens is 2. The van der Waals surface area contributed by atoms with Crippen LogP contribution in [0.2, 0.25) is 0 Å². The SMILES string of the molecule is O=C(c1cc2c([nH]c3ccccc32)c(-c2ccccc2)n1)N1CCOCC1. The Kier molecular flexibility index (Phi) is 3.87. The van der Waals surface area contributed by atoms with Crippen molar-refractivity contribution in [1.82, 2.24) is 14.9 Å². The van der Waals surface area contributed by atoms with Crippen molar-refractivity contribution in [2.45, 2.75) is 0 Å². The molecule has 0 spiro atoms. The predicted octanol–water partition coefficient (Wildman–Crippen LogP) is 3.86. The number of fused-ring (bicyclic) bond motifs is 3. The molecule has 1 amide bonds. The molecule has 27 heavy (non-hydrogen) atoms. The van der Waals surface area contributed by atoms with Gasteiger partial charge < -0.3 is 14.6 Å². The number of morpholine rings is 1. The van der Waals surface area contributed by atoms with Crippen LogP contribution in [0.3, 0.4) is 0 Å². The molecule has 0 atom stereocenters. The Morgan fingerprint density at radius 1 is 0.963 bits per heavy atom. The smallest absolute Gasteiger partial charge is 0.272 e. The van der Waals surface area contributed by atoms with Gasteiger partial charge >= 0.3 is 0 Å². The number of para-hydroxylation sites is 1. The number of nitrogens with zero attached hydrogens (tertiary/aromatic N) is 2. The first-order valence-electron chi connectivity index (χ1n) is 9.15. The van der Waals surface area contributed by atoms with Crippen LogP contribution in [-0.2, 0) is 4.74 Å². The molecule has 5 heteroatoms. The lowest BCUT2D eigenvalue weighted by Gasteiger charge is -2.26. The normalized spacial score (nSPS) is 14.7. The van der Waals surface area contributed by atoms with Gasteiger partial charge in [-0.1, -0.05) is 48.5 Å². The van der Waals surface area contributed by atoms with Crippen LogP contribution in [0.5, 0.6) is 0 Å². The van der Waals surface area contributed by atoms with Gasteiger partial charge in [0.15, 0.2) is 0 Å². The third-order valence-corrected chi connectivity index (χ3v) is 5.06. The van der Waals surface area contributed by atoms with Crippen molar-refractivity contribution >= 4 is 27.7 Å². The molecule has 1 N–H and O–H groups in total. The summed E-state index contributed by atoms with van der Waals surface area (Å²) in [5, 5.41) is 2.12. The highest BCUT2D eigenvalue weighted by Gasteiger charge is 2.22. The number of rotatable bonds is 2. The van der Waals surface area contributed by atoms with Crippen molar-refractivity contribution in [3.05, 3.63) is 66.4 Å². The van der Waals surface area contributed by atoms with Crippen molar-refractivity contribution in [1.29, 1.82) is 0 Å². The molecule has 5 rings (SSSR count). The second-order valence-electron chi connectivity index (χ2n) is 6.72. The van der Waals surface area contributed by atoms with Crippen LogP contribution in [0.25, 0.3) is 33.1 Å². The van der Waals surface area contributed by atoms with E-state index in [1.165, 1.54) is 0 Å². The van der Waals surface area contributed by atoms with E-state index >= 15 is 0 Å². The van der Waals surface area contributed by atoms with Crippen molar-refractivity contribution in [3.8, 4) is 11.3 Å². The quantitative estimate of drug-likeness (QED) is 0.593. The van der Waals surface area contributed by atoms with Crippen molar-refractivity contribution in [3.63, 3.8) is 0 Å². The lowest BCUT2D eigenvalue weighted by molar-refractivity contribution is 0.0299. The predicted molar refractivity (Wildman–Crippen MR) is 106 cm³/mol. The van der Waals surface area contributed by atoms with Gasteiger partial charge in [0.25, 0.3) is 5.91 Å². The number of nitrogens with one attached hydrogen (secondary N) is 1. The van der Waals surface area contributed by atoms with Crippen LogP contribution >= 0.6 is 0 Å². The topological polar surface area (TPSA) is 58.2 Å². The molecule has 1 aliphatic rings. The van der Waals surface area contributed by atoms with E-state index in [4.69, 9.17) is 9.72 Å². The van der Waals surface area contributed by atoms with Crippen molar-refractivity contribution in [2.75, 3.05) is 26.3 Å². The highest BCUT2D eigenvalue weighted by molar-refractivity contribution is 6.13. The number of hydrogen-bond acceptors (Lipinski definition) is 3. The number of carbonyl (C=O) groups excluding carboxylic acids is 1. The molecule has 134 valence electrons. The largest absolute Gasteiger partial charge is 0.378 e. The van der Waals surface area contributed by atoms with Gasteiger partial charge in [0.05, 0.1) is 24.4 Å². The number of pyridine rings is 1. The van der Waals surface area contributed by atoms with Crippen LogP contribution in [0.15, 0.2) is 60.7 Å². The van der Waals surface area contributed by atoms with E-state index in [0.717, 1.165) is 33.1 Å². The maximum atomic E-state index is 13.1. The molecule has 0 radical (unpaired) electrons. The van der Waals surface area contributed by atoms with Gasteiger partial charge in [0.2, 0.25) is 0 Å². The molecule has 4 aromatic rings. The van der Waals surface area contributed by atoms with Crippen molar-refractivity contribution < 1.29 is 9.53 Å². The summed E-state index contributed by atoms with van der Waals surface area (Å²) < 4.78 is 5.37. The molecule has 0 aliphatic carbocycles. The zero-order chi connectivity index (χ0) is 18.2. The van der Waals surface area contributed by atoms with E-state index in [2.05, 4.69) is 11.1 Å². The maximum Gasteiger partial charge on any atom is 0.272 e. The minimum absolute atomic E-state index is 0.0392. The monoisotopic (exact) mass is 357 g/mol. The molecule has 1 aliphatic heterocycles. The average molecular weight is 357 g/mol. The molecule has 0 bridgehead atoms. The van der Waals surface area contributed by atoms with Gasteiger partial charge in [-0.3, -0.25) is 4.79 Å². The summed E-state index contributed by atoms with van der Waals surface area (Å²) in [6.07, 6.45) is 0. The van der Waals surface area contributed by atoms with E-state index in [0.29, 0.717) is 32.0 Å². The lowest BCUT2D eigenvalue weighted by Crippen LogP contribution is -2.41. The first-order valence-corrected chi connectivity index (χ1v) is 9.15. The number of H-pyrrole nitrogens is 1. The Hall–Kier alpha value is -3.18. The first kappa shape index (κ1) is 16.0. The number of ether oxygens (including phenoxy) is 1. The lowest BCUT2D eigenvalue weighted by atomic mass is 10.1. The number of aromatic amines is 1. The first-order chi connectivity index (χ1) is 13.3. The summed E-state index contributed by atoms with van der Waals surface area (Å²) >= 11 is 0. The summed E-state index contributed by atoms with van der Waals surface area (Å²) in [6.45, 7) is 2.36. The van der Waals surface area contributed by atoms with E-state index in [1.54, 1.807) is 0 Å². The summed E-state index contributed by atoms with van der Waals surface area (Å²) in [4.78, 5) is 23.2. The van der Waals surface area contributed by atoms with E-state index in [-0.39, 0.29) is 5.91 Å². The van der Waals surface area contributed by atoms with Crippen molar-refractivity contribution in [2.24, 2.45) is 0 Å². The molecule has 1 saturated heterocycles. The zero-order valence-corrected chi connectivity index (χ0v) is 14.8. The molecule has 3 heterocycles. The molecule has 2 aromatic carbocycles. The third-order valence-electron chi connectivity index (χ3n) is 5.06. The Morgan fingerprint density at radius 2 is 1.70 bits per heavy atom. The molecular weight excluding hydrogens is 338 g/mol. The average Bonchev–Trinajstić information content (AvgIpc) is 3.12. The minimum atomic E-state index is -0.0392. The minimum Gasteiger partial charge on any atom is -0.378 e. The highest BCUT2D eigenvalue weighted by atomic mass is 16.5. The molecule has 2 aromatic heterocycles. The molecule has 0 unspecified atom stereocenters. The van der Waals surface area contributed by atoms with Crippen LogP contribution in [0.4, 0.5) is 0 Å². The number of amides is 1. The fourth-order valence-corrected chi connectivity index (χ4v) is 3.69. The number of carbonyl (C=O) groups is 1. The third kappa shape index (κ3) is 2.76. The number of benzene rings is 2.